The first-order chi connectivity index (χ1) is 69.6. The molecule has 5 heteroatoms. The van der Waals surface area contributed by atoms with Crippen molar-refractivity contribution in [3.05, 3.63) is 385 Å². The molecule has 5 nitrogen and oxygen atoms in total. The normalized spacial score (nSPS) is 13.6. The summed E-state index contributed by atoms with van der Waals surface area (Å²) in [5, 5.41) is 0. The summed E-state index contributed by atoms with van der Waals surface area (Å²) < 4.78 is 141. The number of aryl methyl sites for hydroxylation is 19. The van der Waals surface area contributed by atoms with Crippen molar-refractivity contribution in [3.8, 4) is 112 Å². The third-order valence-corrected chi connectivity index (χ3v) is 24.8. The molecule has 133 heavy (non-hydrogen) atoms. The van der Waals surface area contributed by atoms with E-state index >= 15 is 0 Å². The van der Waals surface area contributed by atoms with Crippen LogP contribution in [-0.2, 0) is 73.7 Å². The second-order valence-corrected chi connectivity index (χ2v) is 39.2. The molecule has 0 saturated carbocycles. The van der Waals surface area contributed by atoms with Gasteiger partial charge < -0.3 is 0 Å². The highest BCUT2D eigenvalue weighted by Crippen LogP contribution is 2.39. The standard InChI is InChI=1S/C28H36N.4C25H30N/c1-19(2)13-24-16-28(29(7)18-25(24)14-20(3)4)27-17-26(21(5)15-22(27)6)23-11-9-8-10-12-23;2*1-17(2)12-22-16-26(6)25(14-18(22)3)24-15-23(19(4)13-20(24)5)21-10-8-7-9-11-21;2*1-17(2)12-22-14-25(26(6)16-20(22)5)24-15-23(18(3)13-19(24)4)21-10-8-7-9-11-21/h8-12,15-20H,13-14H2,1-7H3;4*7-11,13-17H,12H2,1-6H3/q5*+1/i;3D3,4D3,12D2;;3D3,5D3,12D2;. The number of rotatable bonds is 22. The molecule has 15 aromatic rings. The Hall–Kier alpha value is -12.1. The van der Waals surface area contributed by atoms with Gasteiger partial charge in [-0.15, -0.1) is 0 Å². The molecule has 0 fully saturated rings. The molecule has 688 valence electrons. The highest BCUT2D eigenvalue weighted by atomic mass is 14.9. The Balaban J connectivity index is 0.000000178. The average Bonchev–Trinajstić information content (AvgIpc) is 0.749. The monoisotopic (exact) mass is 1780 g/mol. The van der Waals surface area contributed by atoms with Crippen molar-refractivity contribution in [1.82, 2.24) is 0 Å². The van der Waals surface area contributed by atoms with Gasteiger partial charge in [0.15, 0.2) is 31.0 Å². The minimum atomic E-state index is -2.52. The molecule has 0 aliphatic rings. The topological polar surface area (TPSA) is 19.4 Å². The molecule has 0 saturated heterocycles. The van der Waals surface area contributed by atoms with Crippen LogP contribution in [0.5, 0.6) is 0 Å². The van der Waals surface area contributed by atoms with Crippen LogP contribution in [0.3, 0.4) is 0 Å². The molecule has 0 amide bonds. The molecule has 0 spiro atoms. The summed E-state index contributed by atoms with van der Waals surface area (Å²) in [7, 11) is 9.99. The lowest BCUT2D eigenvalue weighted by atomic mass is 9.90. The molecule has 5 aromatic heterocycles. The number of pyridine rings is 5. The van der Waals surface area contributed by atoms with Gasteiger partial charge in [-0.2, -0.15) is 0 Å². The van der Waals surface area contributed by atoms with Crippen molar-refractivity contribution in [2.24, 2.45) is 70.7 Å². The smallest absolute Gasteiger partial charge is 0.201 e. The second kappa shape index (κ2) is 46.1. The van der Waals surface area contributed by atoms with E-state index in [0.717, 1.165) is 36.8 Å². The minimum Gasteiger partial charge on any atom is -0.201 e. The highest BCUT2D eigenvalue weighted by molar-refractivity contribution is 5.81. The average molecular weight is 1780 g/mol. The summed E-state index contributed by atoms with van der Waals surface area (Å²) in [4.78, 5) is 0. The van der Waals surface area contributed by atoms with Gasteiger partial charge in [0, 0.05) is 108 Å². The molecule has 0 atom stereocenters. The number of nitrogens with zero attached hydrogens (tertiary/aromatic N) is 5. The summed E-state index contributed by atoms with van der Waals surface area (Å²) in [5.41, 5.74) is 39.5. The number of hydrogen-bond donors (Lipinski definition) is 0. The van der Waals surface area contributed by atoms with Crippen molar-refractivity contribution in [3.63, 3.8) is 0 Å². The van der Waals surface area contributed by atoms with Crippen LogP contribution >= 0.6 is 0 Å². The van der Waals surface area contributed by atoms with Crippen molar-refractivity contribution in [2.75, 3.05) is 0 Å². The van der Waals surface area contributed by atoms with Crippen molar-refractivity contribution < 1.29 is 44.8 Å². The van der Waals surface area contributed by atoms with Gasteiger partial charge in [-0.1, -0.05) is 265 Å². The lowest BCUT2D eigenvalue weighted by molar-refractivity contribution is -0.661. The maximum atomic E-state index is 8.65. The molecule has 0 N–H and O–H groups in total. The third kappa shape index (κ3) is 26.3. The summed E-state index contributed by atoms with van der Waals surface area (Å²) in [6, 6.07) is 81.9. The zero-order chi connectivity index (χ0) is 110. The third-order valence-electron chi connectivity index (χ3n) is 24.8. The van der Waals surface area contributed by atoms with Crippen LogP contribution in [0, 0.1) is 132 Å². The first-order valence-corrected chi connectivity index (χ1v) is 47.6. The van der Waals surface area contributed by atoms with E-state index in [2.05, 4.69) is 310 Å². The van der Waals surface area contributed by atoms with E-state index in [-0.39, 0.29) is 33.4 Å². The Kier molecular flexibility index (Phi) is 27.9. The molecule has 0 unspecified atom stereocenters. The summed E-state index contributed by atoms with van der Waals surface area (Å²) in [6.07, 6.45) is 10.8. The Labute approximate surface area is 826 Å². The first-order valence-electron chi connectivity index (χ1n) is 55.6. The molecule has 0 bridgehead atoms. The number of benzene rings is 10. The van der Waals surface area contributed by atoms with Gasteiger partial charge in [0.05, 0.1) is 0 Å². The summed E-state index contributed by atoms with van der Waals surface area (Å²) in [5.74, 6) is 1.77. The Morgan fingerprint density at radius 1 is 0.195 bits per heavy atom. The molecule has 0 aliphatic heterocycles. The van der Waals surface area contributed by atoms with Gasteiger partial charge in [0.1, 0.15) is 35.2 Å². The van der Waals surface area contributed by atoms with E-state index in [1.165, 1.54) is 146 Å². The van der Waals surface area contributed by atoms with Crippen LogP contribution in [0.4, 0.5) is 0 Å². The van der Waals surface area contributed by atoms with Crippen molar-refractivity contribution in [2.45, 2.75) is 218 Å². The molecular weight excluding hydrogens is 1610 g/mol. The number of hydrogen-bond acceptors (Lipinski definition) is 0. The molecule has 10 aromatic carbocycles. The predicted octanol–water partition coefficient (Wildman–Crippen LogP) is 30.7. The summed E-state index contributed by atoms with van der Waals surface area (Å²) in [6.45, 7) is 37.0. The van der Waals surface area contributed by atoms with Crippen LogP contribution in [0.1, 0.15) is 216 Å². The maximum Gasteiger partial charge on any atom is 0.212 e. The van der Waals surface area contributed by atoms with Crippen molar-refractivity contribution >= 4 is 0 Å². The van der Waals surface area contributed by atoms with E-state index < -0.39 is 52.0 Å². The lowest BCUT2D eigenvalue weighted by Gasteiger charge is -2.16. The van der Waals surface area contributed by atoms with Crippen LogP contribution in [0.15, 0.2) is 274 Å². The van der Waals surface area contributed by atoms with E-state index in [1.54, 1.807) is 88.3 Å². The predicted molar refractivity (Wildman–Crippen MR) is 570 cm³/mol. The van der Waals surface area contributed by atoms with Crippen molar-refractivity contribution in [1.29, 1.82) is 0 Å². The van der Waals surface area contributed by atoms with Gasteiger partial charge in [0.25, 0.3) is 0 Å². The van der Waals surface area contributed by atoms with Crippen LogP contribution in [0.2, 0.25) is 0 Å². The van der Waals surface area contributed by atoms with Gasteiger partial charge in [-0.3, -0.25) is 0 Å². The first kappa shape index (κ1) is 80.6. The van der Waals surface area contributed by atoms with E-state index in [0.29, 0.717) is 68.4 Å². The molecule has 15 rings (SSSR count). The van der Waals surface area contributed by atoms with Crippen LogP contribution in [-0.4, -0.2) is 0 Å². The fraction of sp³-hybridized carbons (Fsp3) is 0.336. The van der Waals surface area contributed by atoms with Gasteiger partial charge >= 0.3 is 0 Å². The fourth-order valence-electron chi connectivity index (χ4n) is 18.3. The zero-order valence-electron chi connectivity index (χ0n) is 101. The van der Waals surface area contributed by atoms with E-state index in [4.69, 9.17) is 21.9 Å². The van der Waals surface area contributed by atoms with Crippen LogP contribution in [0.25, 0.3) is 112 Å². The van der Waals surface area contributed by atoms with Crippen LogP contribution < -0.4 is 22.8 Å². The highest BCUT2D eigenvalue weighted by Gasteiger charge is 2.27. The minimum absolute atomic E-state index is 0.0301. The Bertz CT molecular complexity index is 7210. The largest absolute Gasteiger partial charge is 0.212 e. The summed E-state index contributed by atoms with van der Waals surface area (Å²) >= 11 is 0. The Morgan fingerprint density at radius 3 is 0.752 bits per heavy atom. The number of aromatic nitrogens is 5. The quantitative estimate of drug-likeness (QED) is 0.0603. The van der Waals surface area contributed by atoms with Gasteiger partial charge in [-0.05, 0) is 340 Å². The molecule has 5 heterocycles. The lowest BCUT2D eigenvalue weighted by Crippen LogP contribution is -2.32. The second-order valence-electron chi connectivity index (χ2n) is 39.2. The SMILES string of the molecule is Cc1c[n+](C)c(-c2cc(-c3ccccc3)c(C)cc2C)cc1CC(C)C.Cc1cc(-c2cc(-c3ccccc3)c(C)cc2C)[n+](C)cc1CC(C)C.Cc1cc(C)c(-c2cc(CC(C)C)c(CC(C)C)c[n+]2C)cc1-c1ccccc1.[2H]C([2H])([2H])c1cc(C)c(-c2cc(C([2H])([2H])C(C)C)c(C([2H])([2H])[2H])c[n+]2C)cc1-c1ccccc1.[2H]C([2H])([2H])c1cc(C)c(-c2cc(C([2H])([2H])[2H])c(C([2H])([2H])C(C)C)c[n+]2C)cc1-c1ccccc1. The zero-order valence-corrected chi connectivity index (χ0v) is 84.5. The van der Waals surface area contributed by atoms with E-state index in [9.17, 15) is 0 Å². The molecule has 0 radical (unpaired) electrons. The van der Waals surface area contributed by atoms with Gasteiger partial charge in [-0.25, -0.2) is 22.8 Å². The van der Waals surface area contributed by atoms with Gasteiger partial charge in [0.2, 0.25) is 28.5 Å². The fourth-order valence-corrected chi connectivity index (χ4v) is 18.3. The van der Waals surface area contributed by atoms with E-state index in [1.807, 2.05) is 73.7 Å². The maximum absolute atomic E-state index is 8.65. The Morgan fingerprint density at radius 2 is 0.429 bits per heavy atom. The molecular formula is C128H156N5+5. The molecule has 0 aliphatic carbocycles.